The van der Waals surface area contributed by atoms with Crippen molar-refractivity contribution in [1.82, 2.24) is 10.3 Å². The van der Waals surface area contributed by atoms with Gasteiger partial charge in [-0.15, -0.1) is 0 Å². The highest BCUT2D eigenvalue weighted by Gasteiger charge is 2.15. The quantitative estimate of drug-likeness (QED) is 0.510. The van der Waals surface area contributed by atoms with Crippen LogP contribution in [0.4, 0.5) is 16.4 Å². The number of ether oxygens (including phenoxy) is 2. The first-order chi connectivity index (χ1) is 13.5. The summed E-state index contributed by atoms with van der Waals surface area (Å²) >= 11 is 0. The van der Waals surface area contributed by atoms with Crippen LogP contribution in [0.25, 0.3) is 0 Å². The zero-order valence-corrected chi connectivity index (χ0v) is 17.9. The molecule has 0 fully saturated rings. The third kappa shape index (κ3) is 12.3. The Labute approximate surface area is 171 Å². The molecule has 9 heteroatoms. The average Bonchev–Trinajstić information content (AvgIpc) is 2.54. The Kier molecular flexibility index (Phi) is 9.91. The fraction of sp³-hybridized carbons (Fsp3) is 0.600. The molecule has 0 saturated heterocycles. The molecule has 3 amide bonds. The number of nitrogens with zero attached hydrogens (tertiary/aromatic N) is 1. The minimum Gasteiger partial charge on any atom is -0.493 e. The molecule has 0 saturated carbocycles. The highest BCUT2D eigenvalue weighted by molar-refractivity contribution is 5.90. The van der Waals surface area contributed by atoms with E-state index < -0.39 is 11.7 Å². The van der Waals surface area contributed by atoms with E-state index >= 15 is 0 Å². The fourth-order valence-corrected chi connectivity index (χ4v) is 2.35. The molecule has 29 heavy (non-hydrogen) atoms. The van der Waals surface area contributed by atoms with Crippen LogP contribution in [-0.4, -0.2) is 41.6 Å². The van der Waals surface area contributed by atoms with Crippen molar-refractivity contribution in [2.45, 2.75) is 65.9 Å². The van der Waals surface area contributed by atoms with Crippen LogP contribution in [0.3, 0.4) is 0 Å². The largest absolute Gasteiger partial charge is 0.493 e. The summed E-state index contributed by atoms with van der Waals surface area (Å²) in [7, 11) is 0. The van der Waals surface area contributed by atoms with Gasteiger partial charge in [-0.25, -0.2) is 9.78 Å². The lowest BCUT2D eigenvalue weighted by Crippen LogP contribution is -2.32. The Balaban J connectivity index is 2.32. The van der Waals surface area contributed by atoms with E-state index in [-0.39, 0.29) is 11.8 Å². The molecule has 1 aromatic heterocycles. The Bertz CT molecular complexity index is 666. The van der Waals surface area contributed by atoms with Gasteiger partial charge in [-0.05, 0) is 33.6 Å². The maximum absolute atomic E-state index is 11.5. The van der Waals surface area contributed by atoms with Crippen LogP contribution in [0, 0.1) is 0 Å². The summed E-state index contributed by atoms with van der Waals surface area (Å²) in [5, 5.41) is 7.89. The number of hydrogen-bond acceptors (Lipinski definition) is 6. The van der Waals surface area contributed by atoms with Gasteiger partial charge in [0.05, 0.1) is 6.61 Å². The van der Waals surface area contributed by atoms with Crippen molar-refractivity contribution < 1.29 is 23.9 Å². The van der Waals surface area contributed by atoms with E-state index in [9.17, 15) is 14.4 Å². The summed E-state index contributed by atoms with van der Waals surface area (Å²) in [6.07, 6.45) is 3.18. The normalized spacial score (nSPS) is 10.8. The second-order valence-electron chi connectivity index (χ2n) is 7.63. The number of unbranched alkanes of at least 4 members (excludes halogenated alkanes) is 3. The number of alkyl carbamates (subject to hydrolysis) is 1. The zero-order valence-electron chi connectivity index (χ0n) is 17.9. The lowest BCUT2D eigenvalue weighted by molar-refractivity contribution is -0.115. The molecule has 1 rings (SSSR count). The van der Waals surface area contributed by atoms with Crippen molar-refractivity contribution in [1.29, 1.82) is 0 Å². The van der Waals surface area contributed by atoms with Gasteiger partial charge in [-0.1, -0.05) is 12.8 Å². The molecule has 0 aliphatic carbocycles. The monoisotopic (exact) mass is 408 g/mol. The number of aromatic nitrogens is 1. The van der Waals surface area contributed by atoms with Crippen molar-refractivity contribution >= 4 is 29.5 Å². The predicted octanol–water partition coefficient (Wildman–Crippen LogP) is 3.46. The summed E-state index contributed by atoms with van der Waals surface area (Å²) in [5.41, 5.74) is -0.492. The molecular weight excluding hydrogens is 376 g/mol. The van der Waals surface area contributed by atoms with E-state index in [1.165, 1.54) is 13.8 Å². The lowest BCUT2D eigenvalue weighted by atomic mass is 10.2. The molecule has 0 spiro atoms. The fourth-order valence-electron chi connectivity index (χ4n) is 2.35. The van der Waals surface area contributed by atoms with E-state index in [0.717, 1.165) is 25.7 Å². The standard InChI is InChI=1S/C20H32N4O5/c1-14(25)22-17-12-16(13-18(24-17)23-15(2)26)28-11-9-7-6-8-10-21-19(27)29-20(3,4)5/h12-13H,6-11H2,1-5H3,(H,21,27)(H2,22,23,24,25,26). The lowest BCUT2D eigenvalue weighted by Gasteiger charge is -2.19. The smallest absolute Gasteiger partial charge is 0.407 e. The van der Waals surface area contributed by atoms with Crippen molar-refractivity contribution in [3.63, 3.8) is 0 Å². The molecule has 0 unspecified atom stereocenters. The van der Waals surface area contributed by atoms with E-state index in [1.807, 2.05) is 20.8 Å². The third-order valence-corrected chi connectivity index (χ3v) is 3.42. The van der Waals surface area contributed by atoms with Crippen molar-refractivity contribution in [3.05, 3.63) is 12.1 Å². The molecule has 0 aliphatic heterocycles. The van der Waals surface area contributed by atoms with Crippen molar-refractivity contribution in [2.24, 2.45) is 0 Å². The first-order valence-electron chi connectivity index (χ1n) is 9.72. The van der Waals surface area contributed by atoms with Crippen LogP contribution in [0.15, 0.2) is 12.1 Å². The van der Waals surface area contributed by atoms with Crippen LogP contribution < -0.4 is 20.7 Å². The van der Waals surface area contributed by atoms with Gasteiger partial charge in [0.1, 0.15) is 23.0 Å². The molecule has 0 aliphatic rings. The molecule has 0 bridgehead atoms. The van der Waals surface area contributed by atoms with Gasteiger partial charge in [0.15, 0.2) is 0 Å². The SMILES string of the molecule is CC(=O)Nc1cc(OCCCCCCNC(=O)OC(C)(C)C)cc(NC(C)=O)n1. The first-order valence-corrected chi connectivity index (χ1v) is 9.72. The van der Waals surface area contributed by atoms with Gasteiger partial charge in [0.25, 0.3) is 0 Å². The van der Waals surface area contributed by atoms with Crippen molar-refractivity contribution in [3.8, 4) is 5.75 Å². The minimum absolute atomic E-state index is 0.261. The maximum atomic E-state index is 11.5. The van der Waals surface area contributed by atoms with Gasteiger partial charge in [-0.2, -0.15) is 0 Å². The Morgan fingerprint density at radius 3 is 2.00 bits per heavy atom. The van der Waals surface area contributed by atoms with Crippen LogP contribution in [0.2, 0.25) is 0 Å². The highest BCUT2D eigenvalue weighted by Crippen LogP contribution is 2.21. The topological polar surface area (TPSA) is 119 Å². The molecule has 9 nitrogen and oxygen atoms in total. The molecule has 0 aromatic carbocycles. The second-order valence-corrected chi connectivity index (χ2v) is 7.63. The molecule has 3 N–H and O–H groups in total. The van der Waals surface area contributed by atoms with Crippen LogP contribution in [0.5, 0.6) is 5.75 Å². The number of hydrogen-bond donors (Lipinski definition) is 3. The zero-order chi connectivity index (χ0) is 21.9. The summed E-state index contributed by atoms with van der Waals surface area (Å²) in [6, 6.07) is 3.22. The van der Waals surface area contributed by atoms with E-state index in [0.29, 0.717) is 30.5 Å². The van der Waals surface area contributed by atoms with Gasteiger partial charge in [0.2, 0.25) is 11.8 Å². The van der Waals surface area contributed by atoms with E-state index in [1.54, 1.807) is 12.1 Å². The summed E-state index contributed by atoms with van der Waals surface area (Å²) < 4.78 is 10.9. The summed E-state index contributed by atoms with van der Waals surface area (Å²) in [5.74, 6) is 0.616. The van der Waals surface area contributed by atoms with Gasteiger partial charge in [-0.3, -0.25) is 9.59 Å². The number of carbonyl (C=O) groups excluding carboxylic acids is 3. The summed E-state index contributed by atoms with van der Waals surface area (Å²) in [4.78, 5) is 38.1. The van der Waals surface area contributed by atoms with Gasteiger partial charge < -0.3 is 25.4 Å². The number of rotatable bonds is 10. The third-order valence-electron chi connectivity index (χ3n) is 3.42. The molecular formula is C20H32N4O5. The molecule has 1 heterocycles. The Morgan fingerprint density at radius 1 is 0.931 bits per heavy atom. The number of nitrogens with one attached hydrogen (secondary N) is 3. The van der Waals surface area contributed by atoms with Crippen LogP contribution in [0.1, 0.15) is 60.3 Å². The Morgan fingerprint density at radius 2 is 1.48 bits per heavy atom. The Hall–Kier alpha value is -2.84. The van der Waals surface area contributed by atoms with Gasteiger partial charge in [0, 0.05) is 32.5 Å². The molecule has 0 atom stereocenters. The van der Waals surface area contributed by atoms with E-state index in [4.69, 9.17) is 9.47 Å². The van der Waals surface area contributed by atoms with E-state index in [2.05, 4.69) is 20.9 Å². The highest BCUT2D eigenvalue weighted by atomic mass is 16.6. The first kappa shape index (κ1) is 24.2. The summed E-state index contributed by atoms with van der Waals surface area (Å²) in [6.45, 7) is 9.30. The van der Waals surface area contributed by atoms with Crippen LogP contribution >= 0.6 is 0 Å². The number of amides is 3. The number of pyridine rings is 1. The maximum Gasteiger partial charge on any atom is 0.407 e. The van der Waals surface area contributed by atoms with Crippen molar-refractivity contribution in [2.75, 3.05) is 23.8 Å². The van der Waals surface area contributed by atoms with Gasteiger partial charge >= 0.3 is 6.09 Å². The number of anilines is 2. The molecule has 0 radical (unpaired) electrons. The molecule has 1 aromatic rings. The average molecular weight is 408 g/mol. The molecule has 162 valence electrons. The number of carbonyl (C=O) groups is 3. The predicted molar refractivity (Wildman–Crippen MR) is 111 cm³/mol. The minimum atomic E-state index is -0.492. The second kappa shape index (κ2) is 11.9. The van der Waals surface area contributed by atoms with Crippen LogP contribution in [-0.2, 0) is 14.3 Å².